The van der Waals surface area contributed by atoms with Crippen LogP contribution in [-0.2, 0) is 8.85 Å². The first-order valence-electron chi connectivity index (χ1n) is 7.42. The molecule has 1 radical (unpaired) electrons. The smallest absolute Gasteiger partial charge is 0.391 e. The minimum atomic E-state index is -1.08. The molecule has 1 saturated carbocycles. The Morgan fingerprint density at radius 2 is 1.53 bits per heavy atom. The van der Waals surface area contributed by atoms with Gasteiger partial charge < -0.3 is 8.85 Å². The first-order chi connectivity index (χ1) is 8.29. The molecule has 0 aromatic carbocycles. The van der Waals surface area contributed by atoms with Gasteiger partial charge in [0.1, 0.15) is 0 Å². The highest BCUT2D eigenvalue weighted by Crippen LogP contribution is 2.50. The Balaban J connectivity index is 2.68. The molecule has 0 atom stereocenters. The normalized spacial score (nSPS) is 19.8. The second kappa shape index (κ2) is 8.28. The van der Waals surface area contributed by atoms with Crippen molar-refractivity contribution in [3.8, 4) is 0 Å². The number of unbranched alkanes of at least 4 members (excludes halogenated alkanes) is 1. The molecule has 17 heavy (non-hydrogen) atoms. The molecule has 0 heterocycles. The van der Waals surface area contributed by atoms with Gasteiger partial charge in [-0.1, -0.05) is 39.0 Å². The molecule has 3 heteroatoms. The van der Waals surface area contributed by atoms with Crippen LogP contribution >= 0.6 is 0 Å². The van der Waals surface area contributed by atoms with Gasteiger partial charge in [0.15, 0.2) is 0 Å². The summed E-state index contributed by atoms with van der Waals surface area (Å²) in [5, 5.41) is 0.408. The van der Waals surface area contributed by atoms with Crippen LogP contribution in [0.1, 0.15) is 72.1 Å². The molecular formula is C14H29O2Si. The van der Waals surface area contributed by atoms with Crippen molar-refractivity contribution in [2.75, 3.05) is 13.2 Å². The van der Waals surface area contributed by atoms with Crippen LogP contribution in [0, 0.1) is 0 Å². The van der Waals surface area contributed by atoms with E-state index in [0.717, 1.165) is 13.2 Å². The van der Waals surface area contributed by atoms with E-state index in [9.17, 15) is 0 Å². The van der Waals surface area contributed by atoms with Crippen LogP contribution in [0.15, 0.2) is 0 Å². The van der Waals surface area contributed by atoms with Crippen molar-refractivity contribution in [3.05, 3.63) is 0 Å². The predicted molar refractivity (Wildman–Crippen MR) is 74.3 cm³/mol. The third-order valence-corrected chi connectivity index (χ3v) is 6.52. The monoisotopic (exact) mass is 257 g/mol. The van der Waals surface area contributed by atoms with Crippen molar-refractivity contribution < 1.29 is 8.85 Å². The van der Waals surface area contributed by atoms with E-state index in [4.69, 9.17) is 8.85 Å². The number of hydrogen-bond acceptors (Lipinski definition) is 2. The zero-order valence-corrected chi connectivity index (χ0v) is 12.9. The quantitative estimate of drug-likeness (QED) is 0.598. The standard InChI is InChI=1S/C14H29O2Si/c1-4-7-11-14(12-9-8-10-13-14)17(15-5-2)16-6-3/h4-13H2,1-3H3. The average molecular weight is 257 g/mol. The molecule has 0 N–H and O–H groups in total. The van der Waals surface area contributed by atoms with E-state index in [0.29, 0.717) is 5.04 Å². The summed E-state index contributed by atoms with van der Waals surface area (Å²) in [4.78, 5) is 0. The van der Waals surface area contributed by atoms with E-state index < -0.39 is 9.28 Å². The molecule has 0 aromatic rings. The highest BCUT2D eigenvalue weighted by Gasteiger charge is 2.44. The minimum Gasteiger partial charge on any atom is -0.393 e. The van der Waals surface area contributed by atoms with Gasteiger partial charge in [-0.05, 0) is 33.1 Å². The second-order valence-electron chi connectivity index (χ2n) is 5.10. The van der Waals surface area contributed by atoms with Gasteiger partial charge in [-0.3, -0.25) is 0 Å². The van der Waals surface area contributed by atoms with Gasteiger partial charge in [-0.2, -0.15) is 0 Å². The number of rotatable bonds is 8. The van der Waals surface area contributed by atoms with Gasteiger partial charge in [-0.25, -0.2) is 0 Å². The van der Waals surface area contributed by atoms with E-state index in [1.165, 1.54) is 51.4 Å². The van der Waals surface area contributed by atoms with E-state index in [2.05, 4.69) is 20.8 Å². The third-order valence-electron chi connectivity index (χ3n) is 3.80. The Hall–Kier alpha value is 0.137. The highest BCUT2D eigenvalue weighted by molar-refractivity contribution is 6.48. The highest BCUT2D eigenvalue weighted by atomic mass is 28.3. The summed E-state index contributed by atoms with van der Waals surface area (Å²) in [7, 11) is -1.08. The van der Waals surface area contributed by atoms with Crippen molar-refractivity contribution in [1.29, 1.82) is 0 Å². The largest absolute Gasteiger partial charge is 0.393 e. The number of hydrogen-bond donors (Lipinski definition) is 0. The first-order valence-corrected chi connectivity index (χ1v) is 8.73. The zero-order chi connectivity index (χ0) is 12.6. The Labute approximate surface area is 109 Å². The topological polar surface area (TPSA) is 18.5 Å². The summed E-state index contributed by atoms with van der Waals surface area (Å²) < 4.78 is 12.0. The van der Waals surface area contributed by atoms with Crippen molar-refractivity contribution in [2.45, 2.75) is 77.2 Å². The Kier molecular flexibility index (Phi) is 7.40. The third kappa shape index (κ3) is 4.38. The fourth-order valence-electron chi connectivity index (χ4n) is 2.91. The fourth-order valence-corrected chi connectivity index (χ4v) is 5.27. The van der Waals surface area contributed by atoms with E-state index in [1.807, 2.05) is 0 Å². The van der Waals surface area contributed by atoms with Crippen molar-refractivity contribution in [2.24, 2.45) is 0 Å². The lowest BCUT2D eigenvalue weighted by Gasteiger charge is -2.40. The molecule has 0 aromatic heterocycles. The summed E-state index contributed by atoms with van der Waals surface area (Å²) in [6, 6.07) is 0. The second-order valence-corrected chi connectivity index (χ2v) is 7.31. The lowest BCUT2D eigenvalue weighted by atomic mass is 9.84. The predicted octanol–water partition coefficient (Wildman–Crippen LogP) is 4.44. The Morgan fingerprint density at radius 3 is 2.00 bits per heavy atom. The average Bonchev–Trinajstić information content (AvgIpc) is 2.37. The molecule has 1 aliphatic rings. The van der Waals surface area contributed by atoms with Gasteiger partial charge in [-0.15, -0.1) is 0 Å². The van der Waals surface area contributed by atoms with E-state index >= 15 is 0 Å². The molecular weight excluding hydrogens is 228 g/mol. The first kappa shape index (κ1) is 15.2. The van der Waals surface area contributed by atoms with Crippen molar-refractivity contribution in [3.63, 3.8) is 0 Å². The van der Waals surface area contributed by atoms with E-state index in [-0.39, 0.29) is 0 Å². The van der Waals surface area contributed by atoms with Crippen molar-refractivity contribution in [1.82, 2.24) is 0 Å². The van der Waals surface area contributed by atoms with Crippen LogP contribution in [0.5, 0.6) is 0 Å². The molecule has 1 aliphatic carbocycles. The summed E-state index contributed by atoms with van der Waals surface area (Å²) in [5.74, 6) is 0. The molecule has 1 rings (SSSR count). The minimum absolute atomic E-state index is 0.408. The zero-order valence-electron chi connectivity index (χ0n) is 11.9. The van der Waals surface area contributed by atoms with Gasteiger partial charge in [0.25, 0.3) is 0 Å². The van der Waals surface area contributed by atoms with Crippen LogP contribution in [-0.4, -0.2) is 22.5 Å². The van der Waals surface area contributed by atoms with Crippen LogP contribution in [0.25, 0.3) is 0 Å². The van der Waals surface area contributed by atoms with Crippen LogP contribution < -0.4 is 0 Å². The summed E-state index contributed by atoms with van der Waals surface area (Å²) in [6.45, 7) is 8.09. The maximum Gasteiger partial charge on any atom is 0.391 e. The molecule has 0 saturated heterocycles. The maximum absolute atomic E-state index is 6.00. The molecule has 0 bridgehead atoms. The summed E-state index contributed by atoms with van der Waals surface area (Å²) in [5.41, 5.74) is 0. The maximum atomic E-state index is 6.00. The molecule has 2 nitrogen and oxygen atoms in total. The van der Waals surface area contributed by atoms with Gasteiger partial charge >= 0.3 is 9.28 Å². The lowest BCUT2D eigenvalue weighted by Crippen LogP contribution is -2.40. The Morgan fingerprint density at radius 1 is 0.941 bits per heavy atom. The Bertz CT molecular complexity index is 185. The van der Waals surface area contributed by atoms with Gasteiger partial charge in [0, 0.05) is 18.3 Å². The molecule has 0 spiro atoms. The van der Waals surface area contributed by atoms with Gasteiger partial charge in [0.05, 0.1) is 0 Å². The fraction of sp³-hybridized carbons (Fsp3) is 1.00. The summed E-state index contributed by atoms with van der Waals surface area (Å²) in [6.07, 6.45) is 10.8. The molecule has 0 aliphatic heterocycles. The molecule has 1 fully saturated rings. The molecule has 101 valence electrons. The lowest BCUT2D eigenvalue weighted by molar-refractivity contribution is 0.161. The van der Waals surface area contributed by atoms with Crippen LogP contribution in [0.2, 0.25) is 5.04 Å². The van der Waals surface area contributed by atoms with Crippen LogP contribution in [0.4, 0.5) is 0 Å². The van der Waals surface area contributed by atoms with Gasteiger partial charge in [0.2, 0.25) is 0 Å². The molecule has 0 amide bonds. The van der Waals surface area contributed by atoms with Crippen molar-refractivity contribution >= 4 is 9.28 Å². The van der Waals surface area contributed by atoms with Crippen LogP contribution in [0.3, 0.4) is 0 Å². The van der Waals surface area contributed by atoms with E-state index in [1.54, 1.807) is 0 Å². The molecule has 0 unspecified atom stereocenters. The SMILES string of the molecule is CCCCC1([Si](OCC)OCC)CCCCC1. The summed E-state index contributed by atoms with van der Waals surface area (Å²) >= 11 is 0.